The number of methoxy groups -OCH3 is 2. The highest BCUT2D eigenvalue weighted by atomic mass is 32.2. The molecule has 2 unspecified atom stereocenters. The number of fused-ring (bicyclic) bond motifs is 1. The van der Waals surface area contributed by atoms with Crippen molar-refractivity contribution in [2.75, 3.05) is 23.4 Å². The summed E-state index contributed by atoms with van der Waals surface area (Å²) in [4.78, 5) is 27.7. The molecule has 2 aliphatic heterocycles. The first-order valence-electron chi connectivity index (χ1n) is 13.0. The van der Waals surface area contributed by atoms with E-state index < -0.39 is 27.9 Å². The number of ether oxygens (including phenoxy) is 2. The average molecular weight is 585 g/mol. The third kappa shape index (κ3) is 4.55. The Morgan fingerprint density at radius 3 is 2.17 bits per heavy atom. The molecule has 2 aliphatic rings. The lowest BCUT2D eigenvalue weighted by molar-refractivity contribution is -0.139. The first kappa shape index (κ1) is 28.4. The number of hydrogen-bond acceptors (Lipinski definition) is 9. The second-order valence-electron chi connectivity index (χ2n) is 9.81. The normalized spacial score (nSPS) is 18.4. The molecule has 2 atom stereocenters. The van der Waals surface area contributed by atoms with E-state index >= 15 is 0 Å². The van der Waals surface area contributed by atoms with E-state index in [2.05, 4.69) is 6.07 Å². The standard InChI is InChI=1S/C31H28N4O6S/c1-19-17-21-11-7-8-12-25(21)35(19)42(38,39)23-15-13-22(14-16-23)34-28(31(37)41-3)27(30(36)40-2)26(24(18-32)29(34)33)20-9-5-4-6-10-20/h4-16,19,26H,17,33H2,1-3H3. The summed E-state index contributed by atoms with van der Waals surface area (Å²) >= 11 is 0. The van der Waals surface area contributed by atoms with Crippen LogP contribution in [0.5, 0.6) is 0 Å². The molecule has 0 saturated carbocycles. The van der Waals surface area contributed by atoms with Crippen molar-refractivity contribution in [2.24, 2.45) is 5.73 Å². The lowest BCUT2D eigenvalue weighted by Gasteiger charge is -2.36. The summed E-state index contributed by atoms with van der Waals surface area (Å²) in [5, 5.41) is 10.2. The smallest absolute Gasteiger partial charge is 0.355 e. The maximum atomic E-state index is 13.7. The molecule has 0 aliphatic carbocycles. The average Bonchev–Trinajstić information content (AvgIpc) is 3.36. The van der Waals surface area contributed by atoms with Crippen molar-refractivity contribution < 1.29 is 27.5 Å². The number of rotatable bonds is 6. The number of para-hydroxylation sites is 1. The predicted molar refractivity (Wildman–Crippen MR) is 155 cm³/mol. The van der Waals surface area contributed by atoms with E-state index in [4.69, 9.17) is 15.2 Å². The second kappa shape index (κ2) is 11.1. The minimum absolute atomic E-state index is 0.00782. The van der Waals surface area contributed by atoms with Crippen molar-refractivity contribution in [3.63, 3.8) is 0 Å². The molecule has 0 amide bonds. The largest absolute Gasteiger partial charge is 0.466 e. The molecule has 2 N–H and O–H groups in total. The van der Waals surface area contributed by atoms with Crippen molar-refractivity contribution in [2.45, 2.75) is 30.2 Å². The minimum atomic E-state index is -3.94. The molecule has 11 heteroatoms. The van der Waals surface area contributed by atoms with E-state index in [0.717, 1.165) is 12.7 Å². The van der Waals surface area contributed by atoms with Gasteiger partial charge in [-0.15, -0.1) is 0 Å². The Balaban J connectivity index is 1.65. The van der Waals surface area contributed by atoms with Gasteiger partial charge in [0, 0.05) is 11.7 Å². The van der Waals surface area contributed by atoms with Crippen LogP contribution in [-0.4, -0.2) is 40.6 Å². The number of allylic oxidation sites excluding steroid dienone is 1. The van der Waals surface area contributed by atoms with Gasteiger partial charge in [0.05, 0.1) is 47.9 Å². The summed E-state index contributed by atoms with van der Waals surface area (Å²) in [6.45, 7) is 1.85. The van der Waals surface area contributed by atoms with Gasteiger partial charge in [-0.1, -0.05) is 48.5 Å². The summed E-state index contributed by atoms with van der Waals surface area (Å²) in [6.07, 6.45) is 0.589. The van der Waals surface area contributed by atoms with Gasteiger partial charge in [-0.2, -0.15) is 5.26 Å². The van der Waals surface area contributed by atoms with Crippen LogP contribution in [0.25, 0.3) is 0 Å². The third-order valence-corrected chi connectivity index (χ3v) is 9.35. The molecular formula is C31H28N4O6S. The van der Waals surface area contributed by atoms with E-state index in [1.807, 2.05) is 19.1 Å². The van der Waals surface area contributed by atoms with Crippen LogP contribution in [0.2, 0.25) is 0 Å². The molecule has 0 aromatic heterocycles. The fraction of sp³-hybridized carbons (Fsp3) is 0.194. The maximum absolute atomic E-state index is 13.7. The molecular weight excluding hydrogens is 556 g/mol. The Bertz CT molecular complexity index is 1780. The molecule has 0 bridgehead atoms. The van der Waals surface area contributed by atoms with Crippen LogP contribution < -0.4 is 14.9 Å². The summed E-state index contributed by atoms with van der Waals surface area (Å²) in [5.41, 5.74) is 8.51. The molecule has 10 nitrogen and oxygen atoms in total. The Morgan fingerprint density at radius 1 is 0.929 bits per heavy atom. The minimum Gasteiger partial charge on any atom is -0.466 e. The first-order chi connectivity index (χ1) is 20.1. The van der Waals surface area contributed by atoms with Gasteiger partial charge in [0.25, 0.3) is 10.0 Å². The lowest BCUT2D eigenvalue weighted by Crippen LogP contribution is -2.40. The van der Waals surface area contributed by atoms with E-state index in [1.54, 1.807) is 42.5 Å². The van der Waals surface area contributed by atoms with Gasteiger partial charge in [0.1, 0.15) is 11.5 Å². The monoisotopic (exact) mass is 584 g/mol. The van der Waals surface area contributed by atoms with Crippen LogP contribution in [0, 0.1) is 11.3 Å². The molecule has 0 radical (unpaired) electrons. The SMILES string of the molecule is COC(=O)C1=C(C(=O)OC)N(c2ccc(S(=O)(=O)N3c4ccccc4CC3C)cc2)C(N)=C(C#N)C1c1ccccc1. The summed E-state index contributed by atoms with van der Waals surface area (Å²) < 4.78 is 39.0. The number of sulfonamides is 1. The number of nitriles is 1. The molecule has 214 valence electrons. The predicted octanol–water partition coefficient (Wildman–Crippen LogP) is 3.72. The fourth-order valence-corrected chi connectivity index (χ4v) is 7.26. The van der Waals surface area contributed by atoms with Crippen LogP contribution in [0.4, 0.5) is 11.4 Å². The number of benzene rings is 3. The zero-order valence-electron chi connectivity index (χ0n) is 23.1. The van der Waals surface area contributed by atoms with Gasteiger partial charge in [0.2, 0.25) is 0 Å². The van der Waals surface area contributed by atoms with Gasteiger partial charge >= 0.3 is 11.9 Å². The summed E-state index contributed by atoms with van der Waals surface area (Å²) in [7, 11) is -1.62. The topological polar surface area (TPSA) is 143 Å². The van der Waals surface area contributed by atoms with Gasteiger partial charge in [-0.05, 0) is 54.8 Å². The Kier molecular flexibility index (Phi) is 7.49. The van der Waals surface area contributed by atoms with Crippen LogP contribution in [-0.2, 0) is 35.5 Å². The second-order valence-corrected chi connectivity index (χ2v) is 11.6. The van der Waals surface area contributed by atoms with Crippen LogP contribution in [0.15, 0.2) is 106 Å². The number of carbonyl (C=O) groups excluding carboxylic acids is 2. The van der Waals surface area contributed by atoms with E-state index in [1.165, 1.54) is 40.6 Å². The highest BCUT2D eigenvalue weighted by Gasteiger charge is 2.43. The number of anilines is 2. The van der Waals surface area contributed by atoms with Gasteiger partial charge in [-0.3, -0.25) is 9.21 Å². The van der Waals surface area contributed by atoms with Crippen LogP contribution in [0.1, 0.15) is 24.0 Å². The molecule has 0 spiro atoms. The third-order valence-electron chi connectivity index (χ3n) is 7.41. The number of esters is 2. The van der Waals surface area contributed by atoms with Crippen molar-refractivity contribution in [3.8, 4) is 6.07 Å². The number of hydrogen-bond donors (Lipinski definition) is 1. The molecule has 3 aromatic carbocycles. The number of nitrogens with zero attached hydrogens (tertiary/aromatic N) is 3. The molecule has 3 aromatic rings. The molecule has 2 heterocycles. The first-order valence-corrected chi connectivity index (χ1v) is 14.5. The molecule has 5 rings (SSSR count). The van der Waals surface area contributed by atoms with Crippen molar-refractivity contribution in [1.82, 2.24) is 0 Å². The number of carbonyl (C=O) groups is 2. The zero-order chi connectivity index (χ0) is 30.2. The van der Waals surface area contributed by atoms with Crippen molar-refractivity contribution in [3.05, 3.63) is 113 Å². The lowest BCUT2D eigenvalue weighted by atomic mass is 9.81. The quantitative estimate of drug-likeness (QED) is 0.429. The highest BCUT2D eigenvalue weighted by Crippen LogP contribution is 2.43. The fourth-order valence-electron chi connectivity index (χ4n) is 5.57. The Labute approximate surface area is 243 Å². The van der Waals surface area contributed by atoms with Crippen molar-refractivity contribution >= 4 is 33.3 Å². The molecule has 0 saturated heterocycles. The van der Waals surface area contributed by atoms with Gasteiger partial charge < -0.3 is 15.2 Å². The molecule has 42 heavy (non-hydrogen) atoms. The van der Waals surface area contributed by atoms with E-state index in [-0.39, 0.29) is 39.3 Å². The molecule has 0 fully saturated rings. The van der Waals surface area contributed by atoms with Crippen molar-refractivity contribution in [1.29, 1.82) is 5.26 Å². The van der Waals surface area contributed by atoms with Crippen LogP contribution >= 0.6 is 0 Å². The van der Waals surface area contributed by atoms with Crippen LogP contribution in [0.3, 0.4) is 0 Å². The van der Waals surface area contributed by atoms with Gasteiger partial charge in [-0.25, -0.2) is 18.0 Å². The summed E-state index contributed by atoms with van der Waals surface area (Å²) in [6, 6.07) is 23.5. The zero-order valence-corrected chi connectivity index (χ0v) is 24.0. The Hall–Kier alpha value is -5.08. The number of nitrogens with two attached hydrogens (primary N) is 1. The van der Waals surface area contributed by atoms with E-state index in [0.29, 0.717) is 17.7 Å². The highest BCUT2D eigenvalue weighted by molar-refractivity contribution is 7.92. The summed E-state index contributed by atoms with van der Waals surface area (Å²) in [5.74, 6) is -2.87. The van der Waals surface area contributed by atoms with Gasteiger partial charge in [0.15, 0.2) is 0 Å². The van der Waals surface area contributed by atoms with E-state index in [9.17, 15) is 23.3 Å². The maximum Gasteiger partial charge on any atom is 0.355 e. The Morgan fingerprint density at radius 2 is 1.55 bits per heavy atom.